The zero-order chi connectivity index (χ0) is 21.3. The molecule has 4 aliphatic rings. The van der Waals surface area contributed by atoms with Gasteiger partial charge < -0.3 is 25.0 Å². The zero-order valence-electron chi connectivity index (χ0n) is 18.6. The van der Waals surface area contributed by atoms with Gasteiger partial charge in [0.2, 0.25) is 0 Å². The Bertz CT molecular complexity index is 950. The number of aromatic nitrogens is 2. The van der Waals surface area contributed by atoms with Crippen molar-refractivity contribution in [1.82, 2.24) is 20.2 Å². The van der Waals surface area contributed by atoms with E-state index in [4.69, 9.17) is 9.47 Å². The Morgan fingerprint density at radius 2 is 1.88 bits per heavy atom. The van der Waals surface area contributed by atoms with Crippen molar-refractivity contribution in [3.05, 3.63) is 35.7 Å². The number of likely N-dealkylation sites (tertiary alicyclic amines) is 1. The highest BCUT2D eigenvalue weighted by Gasteiger charge is 2.29. The number of rotatable bonds is 3. The number of piperidine rings is 1. The topological polar surface area (TPSA) is 74.8 Å². The van der Waals surface area contributed by atoms with Crippen LogP contribution in [0.25, 0.3) is 0 Å². The lowest BCUT2D eigenvalue weighted by atomic mass is 9.88. The Hall–Kier alpha value is -2.42. The van der Waals surface area contributed by atoms with Crippen LogP contribution in [0.4, 0.5) is 17.3 Å². The number of nitrogens with zero attached hydrogens (tertiary/aromatic N) is 4. The minimum atomic E-state index is 0.468. The first-order valence-corrected chi connectivity index (χ1v) is 12.0. The van der Waals surface area contributed by atoms with E-state index in [1.54, 1.807) is 6.33 Å². The Morgan fingerprint density at radius 3 is 2.69 bits per heavy atom. The van der Waals surface area contributed by atoms with Gasteiger partial charge in [-0.1, -0.05) is 6.07 Å². The number of hydrogen-bond donors (Lipinski definition) is 2. The summed E-state index contributed by atoms with van der Waals surface area (Å²) in [6.45, 7) is 8.31. The average molecular weight is 437 g/mol. The first-order chi connectivity index (χ1) is 15.8. The third-order valence-corrected chi connectivity index (χ3v) is 7.41. The number of anilines is 3. The van der Waals surface area contributed by atoms with Gasteiger partial charge in [0.05, 0.1) is 24.5 Å². The quantitative estimate of drug-likeness (QED) is 0.760. The van der Waals surface area contributed by atoms with Crippen LogP contribution < -0.4 is 20.3 Å². The summed E-state index contributed by atoms with van der Waals surface area (Å²) in [6.07, 6.45) is 5.38. The molecule has 0 bridgehead atoms. The van der Waals surface area contributed by atoms with Crippen LogP contribution in [0, 0.1) is 0 Å². The molecule has 0 radical (unpaired) electrons. The number of nitrogens with one attached hydrogen (secondary N) is 2. The fourth-order valence-corrected chi connectivity index (χ4v) is 5.54. The lowest BCUT2D eigenvalue weighted by Crippen LogP contribution is -2.42. The number of hydrogen-bond acceptors (Lipinski definition) is 8. The zero-order valence-corrected chi connectivity index (χ0v) is 18.6. The van der Waals surface area contributed by atoms with Crippen LogP contribution in [0.2, 0.25) is 0 Å². The first kappa shape index (κ1) is 20.2. The van der Waals surface area contributed by atoms with Gasteiger partial charge in [-0.05, 0) is 62.5 Å². The highest BCUT2D eigenvalue weighted by Crippen LogP contribution is 2.39. The van der Waals surface area contributed by atoms with Gasteiger partial charge in [-0.3, -0.25) is 4.90 Å². The maximum absolute atomic E-state index is 6.22. The van der Waals surface area contributed by atoms with Crippen LogP contribution >= 0.6 is 0 Å². The fourth-order valence-electron chi connectivity index (χ4n) is 5.54. The maximum Gasteiger partial charge on any atom is 0.143 e. The predicted octanol–water partition coefficient (Wildman–Crippen LogP) is 2.49. The van der Waals surface area contributed by atoms with Crippen LogP contribution in [0.1, 0.15) is 36.3 Å². The van der Waals surface area contributed by atoms with Gasteiger partial charge in [0.1, 0.15) is 30.3 Å². The summed E-state index contributed by atoms with van der Waals surface area (Å²) in [5.74, 6) is 3.28. The fraction of sp³-hybridized carbons (Fsp3) is 0.583. The van der Waals surface area contributed by atoms with E-state index in [-0.39, 0.29) is 0 Å². The van der Waals surface area contributed by atoms with Crippen LogP contribution in [-0.2, 0) is 11.3 Å². The van der Waals surface area contributed by atoms with Crippen molar-refractivity contribution in [2.75, 3.05) is 62.7 Å². The smallest absolute Gasteiger partial charge is 0.143 e. The highest BCUT2D eigenvalue weighted by molar-refractivity contribution is 5.71. The normalized spacial score (nSPS) is 24.2. The third-order valence-electron chi connectivity index (χ3n) is 7.41. The van der Waals surface area contributed by atoms with E-state index in [0.29, 0.717) is 12.5 Å². The van der Waals surface area contributed by atoms with Gasteiger partial charge in [0, 0.05) is 25.7 Å². The summed E-state index contributed by atoms with van der Waals surface area (Å²) in [4.78, 5) is 14.1. The van der Waals surface area contributed by atoms with Gasteiger partial charge in [0.25, 0.3) is 0 Å². The SMILES string of the molecule is c1nc2c(c(N3CCOCC3)n1)COc1ccc(C3CCN([C@@H]4CCNC4)CC3)cc1N2. The summed E-state index contributed by atoms with van der Waals surface area (Å²) < 4.78 is 11.7. The highest BCUT2D eigenvalue weighted by atomic mass is 16.5. The molecule has 3 fully saturated rings. The molecule has 1 atom stereocenters. The Balaban J connectivity index is 1.20. The molecule has 0 amide bonds. The van der Waals surface area contributed by atoms with Crippen LogP contribution in [-0.4, -0.2) is 73.4 Å². The monoisotopic (exact) mass is 436 g/mol. The second-order valence-corrected chi connectivity index (χ2v) is 9.25. The number of morpholine rings is 1. The number of fused-ring (bicyclic) bond motifs is 2. The van der Waals surface area contributed by atoms with Crippen molar-refractivity contribution in [2.24, 2.45) is 0 Å². The molecule has 0 spiro atoms. The van der Waals surface area contributed by atoms with E-state index in [2.05, 4.69) is 48.6 Å². The van der Waals surface area contributed by atoms with Crippen LogP contribution in [0.5, 0.6) is 5.75 Å². The molecule has 6 rings (SSSR count). The molecule has 4 aliphatic heterocycles. The molecule has 8 heteroatoms. The van der Waals surface area contributed by atoms with E-state index in [9.17, 15) is 0 Å². The molecule has 0 saturated carbocycles. The standard InChI is InChI=1S/C24H32N6O2/c1-2-22-21(13-18(1)17-4-7-29(8-5-17)19-3-6-25-14-19)28-23-20(15-32-22)24(27-16-26-23)30-9-11-31-12-10-30/h1-2,13,16-17,19,25H,3-12,14-15H2,(H,26,27,28)/t19-/m1/s1. The number of ether oxygens (including phenoxy) is 2. The molecule has 5 heterocycles. The van der Waals surface area contributed by atoms with E-state index in [0.717, 1.165) is 67.5 Å². The molecular formula is C24H32N6O2. The summed E-state index contributed by atoms with van der Waals surface area (Å²) in [7, 11) is 0. The van der Waals surface area contributed by atoms with Crippen molar-refractivity contribution in [3.8, 4) is 5.75 Å². The van der Waals surface area contributed by atoms with Gasteiger partial charge in [-0.15, -0.1) is 0 Å². The molecule has 3 saturated heterocycles. The Labute approximate surface area is 189 Å². The molecule has 0 unspecified atom stereocenters. The van der Waals surface area contributed by atoms with Crippen molar-refractivity contribution in [3.63, 3.8) is 0 Å². The average Bonchev–Trinajstić information content (AvgIpc) is 3.32. The van der Waals surface area contributed by atoms with Gasteiger partial charge in [-0.25, -0.2) is 9.97 Å². The van der Waals surface area contributed by atoms with Crippen molar-refractivity contribution in [2.45, 2.75) is 37.8 Å². The van der Waals surface area contributed by atoms with Crippen molar-refractivity contribution in [1.29, 1.82) is 0 Å². The summed E-state index contributed by atoms with van der Waals surface area (Å²) in [5, 5.41) is 7.06. The molecular weight excluding hydrogens is 404 g/mol. The molecule has 32 heavy (non-hydrogen) atoms. The van der Waals surface area contributed by atoms with Crippen molar-refractivity contribution < 1.29 is 9.47 Å². The second-order valence-electron chi connectivity index (χ2n) is 9.25. The van der Waals surface area contributed by atoms with Gasteiger partial charge in [0.15, 0.2) is 0 Å². The number of benzene rings is 1. The molecule has 2 N–H and O–H groups in total. The van der Waals surface area contributed by atoms with Crippen LogP contribution in [0.15, 0.2) is 24.5 Å². The van der Waals surface area contributed by atoms with E-state index in [1.807, 2.05) is 0 Å². The summed E-state index contributed by atoms with van der Waals surface area (Å²) in [6, 6.07) is 7.38. The molecule has 170 valence electrons. The van der Waals surface area contributed by atoms with Crippen LogP contribution in [0.3, 0.4) is 0 Å². The van der Waals surface area contributed by atoms with E-state index in [1.165, 1.54) is 44.5 Å². The first-order valence-electron chi connectivity index (χ1n) is 12.0. The predicted molar refractivity (Wildman–Crippen MR) is 124 cm³/mol. The minimum Gasteiger partial charge on any atom is -0.486 e. The molecule has 1 aromatic carbocycles. The Morgan fingerprint density at radius 1 is 1.00 bits per heavy atom. The Kier molecular flexibility index (Phi) is 5.58. The maximum atomic E-state index is 6.22. The van der Waals surface area contributed by atoms with Crippen molar-refractivity contribution >= 4 is 17.3 Å². The lowest BCUT2D eigenvalue weighted by molar-refractivity contribution is 0.122. The molecule has 8 nitrogen and oxygen atoms in total. The minimum absolute atomic E-state index is 0.468. The second kappa shape index (κ2) is 8.84. The lowest BCUT2D eigenvalue weighted by Gasteiger charge is -2.36. The summed E-state index contributed by atoms with van der Waals surface area (Å²) >= 11 is 0. The van der Waals surface area contributed by atoms with E-state index >= 15 is 0 Å². The van der Waals surface area contributed by atoms with Gasteiger partial charge in [-0.2, -0.15) is 0 Å². The largest absolute Gasteiger partial charge is 0.486 e. The molecule has 2 aromatic rings. The molecule has 1 aromatic heterocycles. The van der Waals surface area contributed by atoms with E-state index < -0.39 is 0 Å². The molecule has 0 aliphatic carbocycles. The third kappa shape index (κ3) is 3.91. The van der Waals surface area contributed by atoms with Gasteiger partial charge >= 0.3 is 0 Å². The summed E-state index contributed by atoms with van der Waals surface area (Å²) in [5.41, 5.74) is 3.43.